The maximum atomic E-state index is 13.6. The molecule has 0 bridgehead atoms. The van der Waals surface area contributed by atoms with Crippen molar-refractivity contribution in [3.8, 4) is 11.1 Å². The summed E-state index contributed by atoms with van der Waals surface area (Å²) in [7, 11) is 1.40. The van der Waals surface area contributed by atoms with E-state index in [0.29, 0.717) is 80.1 Å². The van der Waals surface area contributed by atoms with Crippen LogP contribution in [-0.2, 0) is 53.9 Å². The van der Waals surface area contributed by atoms with Crippen LogP contribution in [0.1, 0.15) is 59.9 Å². The topological polar surface area (TPSA) is 98.4 Å². The Labute approximate surface area is 326 Å². The van der Waals surface area contributed by atoms with Gasteiger partial charge in [-0.25, -0.2) is 4.39 Å². The van der Waals surface area contributed by atoms with Crippen LogP contribution in [0.4, 0.5) is 17.6 Å². The summed E-state index contributed by atoms with van der Waals surface area (Å²) in [5.74, 6) is 1.33. The second-order valence-electron chi connectivity index (χ2n) is 14.7. The first-order valence-corrected chi connectivity index (χ1v) is 19.5. The molecular weight excluding hydrogens is 747 g/mol. The molecule has 0 unspecified atom stereocenters. The number of ether oxygens (including phenoxy) is 1. The van der Waals surface area contributed by atoms with Crippen LogP contribution in [0.5, 0.6) is 0 Å². The van der Waals surface area contributed by atoms with Gasteiger partial charge >= 0.3 is 12.1 Å². The first-order valence-electron chi connectivity index (χ1n) is 18.5. The van der Waals surface area contributed by atoms with Gasteiger partial charge in [0, 0.05) is 43.2 Å². The Hall–Kier alpha value is -4.86. The number of nitrogens with zero attached hydrogens (tertiary/aromatic N) is 7. The second kappa shape index (κ2) is 16.3. The van der Waals surface area contributed by atoms with Crippen molar-refractivity contribution in [2.75, 3.05) is 33.3 Å². The predicted molar refractivity (Wildman–Crippen MR) is 205 cm³/mol. The summed E-state index contributed by atoms with van der Waals surface area (Å²) in [5, 5.41) is 9.98. The zero-order valence-corrected chi connectivity index (χ0v) is 32.3. The van der Waals surface area contributed by atoms with Crippen LogP contribution in [-0.4, -0.2) is 78.9 Å². The van der Waals surface area contributed by atoms with Crippen LogP contribution in [0.15, 0.2) is 82.7 Å². The van der Waals surface area contributed by atoms with Crippen molar-refractivity contribution >= 4 is 17.7 Å². The van der Waals surface area contributed by atoms with E-state index in [2.05, 4.69) is 23.9 Å². The number of piperazine rings is 1. The van der Waals surface area contributed by atoms with E-state index in [-0.39, 0.29) is 17.3 Å². The van der Waals surface area contributed by atoms with E-state index in [4.69, 9.17) is 14.9 Å². The third-order valence-corrected chi connectivity index (χ3v) is 11.8. The van der Waals surface area contributed by atoms with Gasteiger partial charge in [-0.2, -0.15) is 18.2 Å². The summed E-state index contributed by atoms with van der Waals surface area (Å²) in [6.07, 6.45) is -2.17. The van der Waals surface area contributed by atoms with Crippen molar-refractivity contribution in [3.05, 3.63) is 129 Å². The number of hydrogen-bond donors (Lipinski definition) is 0. The number of hydrogen-bond acceptors (Lipinski definition) is 9. The highest BCUT2D eigenvalue weighted by atomic mass is 32.2. The van der Waals surface area contributed by atoms with Crippen LogP contribution in [0.3, 0.4) is 0 Å². The molecule has 7 rings (SSSR count). The van der Waals surface area contributed by atoms with E-state index in [0.717, 1.165) is 53.2 Å². The number of benzene rings is 3. The molecule has 294 valence electrons. The molecule has 2 aromatic heterocycles. The normalized spacial score (nSPS) is 15.3. The number of carbonyl (C=O) groups excluding carboxylic acids is 1. The Balaban J connectivity index is 1.18. The number of halogens is 4. The molecule has 1 aliphatic heterocycles. The number of alkyl halides is 3. The van der Waals surface area contributed by atoms with E-state index in [1.54, 1.807) is 12.1 Å². The minimum absolute atomic E-state index is 0.222. The number of rotatable bonds is 12. The van der Waals surface area contributed by atoms with E-state index in [1.165, 1.54) is 43.1 Å². The molecule has 0 atom stereocenters. The molecule has 1 fully saturated rings. The molecule has 56 heavy (non-hydrogen) atoms. The highest BCUT2D eigenvalue weighted by Gasteiger charge is 2.37. The average molecular weight is 790 g/mol. The molecule has 0 amide bonds. The SMILES string of the molecule is COC(=O)C(C)(C)N1CCN(Cc2nnc(Cn3c(SCc4ccc(F)cc4)nc(=O)c4c3CCC4)n2Cc2ccc(-c3ccc(C(F)(F)F)cc3)cc2)CC1. The summed E-state index contributed by atoms with van der Waals surface area (Å²) in [6, 6.07) is 19.1. The lowest BCUT2D eigenvalue weighted by molar-refractivity contribution is -0.154. The van der Waals surface area contributed by atoms with E-state index in [1.807, 2.05) is 38.1 Å². The smallest absolute Gasteiger partial charge is 0.416 e. The molecule has 0 radical (unpaired) electrons. The first kappa shape index (κ1) is 39.4. The number of methoxy groups -OCH3 is 1. The fraction of sp³-hybridized carbons (Fsp3) is 0.390. The molecule has 10 nitrogen and oxygen atoms in total. The van der Waals surface area contributed by atoms with Crippen molar-refractivity contribution in [1.82, 2.24) is 34.1 Å². The molecule has 1 aliphatic carbocycles. The minimum atomic E-state index is -4.41. The zero-order valence-electron chi connectivity index (χ0n) is 31.5. The standard InChI is InChI=1S/C41H43F4N7O3S/c1-40(2,38(54)55-3)50-21-19-49(20-22-50)24-35-47-48-36(52(35)23-27-7-11-29(12-8-27)30-13-15-31(16-14-30)41(43,44)45)25-51-34-6-4-5-33(34)37(53)46-39(51)56-26-28-9-17-32(42)18-10-28/h7-18H,4-6,19-26H2,1-3H3. The molecule has 5 aromatic rings. The summed E-state index contributed by atoms with van der Waals surface area (Å²) in [4.78, 5) is 34.6. The Morgan fingerprint density at radius 1 is 0.786 bits per heavy atom. The summed E-state index contributed by atoms with van der Waals surface area (Å²) in [5.41, 5.74) is 3.30. The Bertz CT molecular complexity index is 2230. The van der Waals surface area contributed by atoms with Gasteiger partial charge in [0.2, 0.25) is 0 Å². The molecule has 0 N–H and O–H groups in total. The number of aromatic nitrogens is 5. The highest BCUT2D eigenvalue weighted by Crippen LogP contribution is 2.32. The third kappa shape index (κ3) is 8.59. The predicted octanol–water partition coefficient (Wildman–Crippen LogP) is 6.61. The van der Waals surface area contributed by atoms with Crippen LogP contribution in [0, 0.1) is 5.82 Å². The van der Waals surface area contributed by atoms with E-state index >= 15 is 0 Å². The monoisotopic (exact) mass is 789 g/mol. The van der Waals surface area contributed by atoms with Crippen molar-refractivity contribution < 1.29 is 27.1 Å². The number of fused-ring (bicyclic) bond motifs is 1. The number of carbonyl (C=O) groups is 1. The van der Waals surface area contributed by atoms with Crippen molar-refractivity contribution in [2.45, 2.75) is 75.4 Å². The summed E-state index contributed by atoms with van der Waals surface area (Å²) in [6.45, 7) is 7.72. The van der Waals surface area contributed by atoms with E-state index in [9.17, 15) is 27.2 Å². The van der Waals surface area contributed by atoms with Gasteiger partial charge in [-0.15, -0.1) is 10.2 Å². The van der Waals surface area contributed by atoms with E-state index < -0.39 is 17.3 Å². The quantitative estimate of drug-likeness (QED) is 0.0599. The molecule has 3 heterocycles. The molecule has 0 saturated carbocycles. The molecule has 3 aromatic carbocycles. The van der Waals surface area contributed by atoms with Crippen LogP contribution in [0.25, 0.3) is 11.1 Å². The summed E-state index contributed by atoms with van der Waals surface area (Å²) < 4.78 is 62.4. The maximum Gasteiger partial charge on any atom is 0.416 e. The fourth-order valence-corrected chi connectivity index (χ4v) is 8.37. The molecule has 1 saturated heterocycles. The van der Waals surface area contributed by atoms with Gasteiger partial charge < -0.3 is 13.9 Å². The summed E-state index contributed by atoms with van der Waals surface area (Å²) >= 11 is 1.42. The van der Waals surface area contributed by atoms with Crippen LogP contribution < -0.4 is 5.56 Å². The molecule has 15 heteroatoms. The first-order chi connectivity index (χ1) is 26.8. The van der Waals surface area contributed by atoms with Crippen LogP contribution >= 0.6 is 11.8 Å². The fourth-order valence-electron chi connectivity index (χ4n) is 7.40. The minimum Gasteiger partial charge on any atom is -0.468 e. The molecular formula is C41H43F4N7O3S. The molecule has 2 aliphatic rings. The second-order valence-corrected chi connectivity index (χ2v) is 15.6. The lowest BCUT2D eigenvalue weighted by atomic mass is 10.0. The highest BCUT2D eigenvalue weighted by molar-refractivity contribution is 7.98. The Kier molecular flexibility index (Phi) is 11.5. The number of thioether (sulfide) groups is 1. The Morgan fingerprint density at radius 3 is 2.02 bits per heavy atom. The zero-order chi connectivity index (χ0) is 39.6. The Morgan fingerprint density at radius 2 is 1.39 bits per heavy atom. The van der Waals surface area contributed by atoms with Gasteiger partial charge in [0.25, 0.3) is 5.56 Å². The average Bonchev–Trinajstić information content (AvgIpc) is 3.83. The lowest BCUT2D eigenvalue weighted by Crippen LogP contribution is -2.58. The van der Waals surface area contributed by atoms with Gasteiger partial charge in [-0.1, -0.05) is 60.3 Å². The molecule has 0 spiro atoms. The van der Waals surface area contributed by atoms with Gasteiger partial charge in [0.15, 0.2) is 11.0 Å². The van der Waals surface area contributed by atoms with Crippen molar-refractivity contribution in [1.29, 1.82) is 0 Å². The van der Waals surface area contributed by atoms with Crippen LogP contribution in [0.2, 0.25) is 0 Å². The van der Waals surface area contributed by atoms with Gasteiger partial charge in [0.05, 0.1) is 32.3 Å². The van der Waals surface area contributed by atoms with Gasteiger partial charge in [0.1, 0.15) is 17.2 Å². The maximum absolute atomic E-state index is 13.6. The largest absolute Gasteiger partial charge is 0.468 e. The third-order valence-electron chi connectivity index (χ3n) is 10.7. The van der Waals surface area contributed by atoms with Crippen molar-refractivity contribution in [3.63, 3.8) is 0 Å². The van der Waals surface area contributed by atoms with Crippen molar-refractivity contribution in [2.24, 2.45) is 0 Å². The lowest BCUT2D eigenvalue weighted by Gasteiger charge is -2.42. The van der Waals surface area contributed by atoms with Gasteiger partial charge in [-0.05, 0) is 79.6 Å². The van der Waals surface area contributed by atoms with Gasteiger partial charge in [-0.3, -0.25) is 19.4 Å². The number of esters is 1.